The van der Waals surface area contributed by atoms with Crippen molar-refractivity contribution in [2.45, 2.75) is 0 Å². The van der Waals surface area contributed by atoms with Gasteiger partial charge in [-0.3, -0.25) is 0 Å². The van der Waals surface area contributed by atoms with Gasteiger partial charge in [-0.2, -0.15) is 5.26 Å². The average Bonchev–Trinajstić information content (AvgIpc) is 2.36. The van der Waals surface area contributed by atoms with Gasteiger partial charge < -0.3 is 11.1 Å². The molecule has 7 heteroatoms. The third kappa shape index (κ3) is 3.02. The molecule has 0 amide bonds. The molecule has 96 valence electrons. The van der Waals surface area contributed by atoms with Crippen molar-refractivity contribution in [1.29, 1.82) is 5.26 Å². The summed E-state index contributed by atoms with van der Waals surface area (Å²) in [4.78, 5) is 4.02. The Balaban J connectivity index is 2.45. The molecular weight excluding hydrogens is 307 g/mol. The molecule has 4 nitrogen and oxygen atoms in total. The minimum atomic E-state index is 0.147. The summed E-state index contributed by atoms with van der Waals surface area (Å²) in [5, 5.41) is 13.0. The second-order valence-corrected chi connectivity index (χ2v) is 4.86. The molecule has 0 spiro atoms. The number of benzene rings is 1. The Morgan fingerprint density at radius 3 is 2.58 bits per heavy atom. The van der Waals surface area contributed by atoms with Crippen molar-refractivity contribution < 1.29 is 0 Å². The number of halogens is 3. The predicted octanol–water partition coefficient (Wildman–Crippen LogP) is 4.24. The van der Waals surface area contributed by atoms with E-state index in [1.165, 1.54) is 6.07 Å². The lowest BCUT2D eigenvalue weighted by Crippen LogP contribution is -2.00. The maximum Gasteiger partial charge on any atom is 0.151 e. The third-order valence-corrected chi connectivity index (χ3v) is 3.14. The highest BCUT2D eigenvalue weighted by atomic mass is 35.5. The summed E-state index contributed by atoms with van der Waals surface area (Å²) in [5.74, 6) is 0.455. The van der Waals surface area contributed by atoms with E-state index in [0.717, 1.165) is 0 Å². The zero-order chi connectivity index (χ0) is 14.0. The monoisotopic (exact) mass is 312 g/mol. The van der Waals surface area contributed by atoms with Gasteiger partial charge in [0.05, 0.1) is 21.3 Å². The first-order valence-electron chi connectivity index (χ1n) is 5.09. The molecule has 0 fully saturated rings. The van der Waals surface area contributed by atoms with E-state index in [-0.39, 0.29) is 10.8 Å². The molecule has 2 aromatic rings. The van der Waals surface area contributed by atoms with Crippen LogP contribution in [0, 0.1) is 11.3 Å². The van der Waals surface area contributed by atoms with Crippen LogP contribution in [0.1, 0.15) is 5.56 Å². The largest absolute Gasteiger partial charge is 0.382 e. The summed E-state index contributed by atoms with van der Waals surface area (Å²) in [6.07, 6.45) is 0. The highest BCUT2D eigenvalue weighted by molar-refractivity contribution is 6.37. The van der Waals surface area contributed by atoms with Gasteiger partial charge in [-0.15, -0.1) is 0 Å². The van der Waals surface area contributed by atoms with Gasteiger partial charge >= 0.3 is 0 Å². The SMILES string of the molecule is N#Cc1ccc(Cl)cc1Nc1nc(N)c(Cl)cc1Cl. The van der Waals surface area contributed by atoms with Gasteiger partial charge in [0.15, 0.2) is 5.82 Å². The first-order valence-corrected chi connectivity index (χ1v) is 6.23. The first-order chi connectivity index (χ1) is 9.01. The van der Waals surface area contributed by atoms with Crippen LogP contribution < -0.4 is 11.1 Å². The van der Waals surface area contributed by atoms with Gasteiger partial charge in [0.1, 0.15) is 11.9 Å². The van der Waals surface area contributed by atoms with Crippen LogP contribution in [0.25, 0.3) is 0 Å². The van der Waals surface area contributed by atoms with Crippen molar-refractivity contribution in [3.8, 4) is 6.07 Å². The Morgan fingerprint density at radius 1 is 1.16 bits per heavy atom. The highest BCUT2D eigenvalue weighted by Crippen LogP contribution is 2.31. The lowest BCUT2D eigenvalue weighted by Gasteiger charge is -2.10. The average molecular weight is 314 g/mol. The molecule has 2 rings (SSSR count). The van der Waals surface area contributed by atoms with Gasteiger partial charge in [-0.25, -0.2) is 4.98 Å². The van der Waals surface area contributed by atoms with Crippen LogP contribution in [-0.4, -0.2) is 4.98 Å². The molecule has 1 aromatic heterocycles. The minimum absolute atomic E-state index is 0.147. The quantitative estimate of drug-likeness (QED) is 0.869. The Hall–Kier alpha value is -1.67. The number of rotatable bonds is 2. The normalized spacial score (nSPS) is 10.0. The number of hydrogen-bond donors (Lipinski definition) is 2. The van der Waals surface area contributed by atoms with Crippen molar-refractivity contribution in [1.82, 2.24) is 4.98 Å². The van der Waals surface area contributed by atoms with Crippen molar-refractivity contribution >= 4 is 52.1 Å². The summed E-state index contributed by atoms with van der Waals surface area (Å²) >= 11 is 17.7. The summed E-state index contributed by atoms with van der Waals surface area (Å²) in [7, 11) is 0. The molecule has 0 aliphatic carbocycles. The Morgan fingerprint density at radius 2 is 1.89 bits per heavy atom. The molecule has 0 saturated heterocycles. The van der Waals surface area contributed by atoms with E-state index >= 15 is 0 Å². The van der Waals surface area contributed by atoms with E-state index < -0.39 is 0 Å². The van der Waals surface area contributed by atoms with E-state index in [2.05, 4.69) is 10.3 Å². The van der Waals surface area contributed by atoms with Gasteiger partial charge in [0.25, 0.3) is 0 Å². The number of hydrogen-bond acceptors (Lipinski definition) is 4. The fraction of sp³-hybridized carbons (Fsp3) is 0. The molecule has 0 aliphatic heterocycles. The topological polar surface area (TPSA) is 74.7 Å². The highest BCUT2D eigenvalue weighted by Gasteiger charge is 2.10. The second kappa shape index (κ2) is 5.54. The summed E-state index contributed by atoms with van der Waals surface area (Å²) < 4.78 is 0. The van der Waals surface area contributed by atoms with E-state index in [1.54, 1.807) is 18.2 Å². The lowest BCUT2D eigenvalue weighted by atomic mass is 10.2. The zero-order valence-corrected chi connectivity index (χ0v) is 11.7. The lowest BCUT2D eigenvalue weighted by molar-refractivity contribution is 1.31. The minimum Gasteiger partial charge on any atom is -0.382 e. The molecule has 0 radical (unpaired) electrons. The van der Waals surface area contributed by atoms with E-state index in [9.17, 15) is 0 Å². The summed E-state index contributed by atoms with van der Waals surface area (Å²) in [6, 6.07) is 8.33. The number of nitrogen functional groups attached to an aromatic ring is 1. The van der Waals surface area contributed by atoms with Crippen LogP contribution in [0.5, 0.6) is 0 Å². The molecule has 3 N–H and O–H groups in total. The molecular formula is C12H7Cl3N4. The molecule has 0 unspecified atom stereocenters. The van der Waals surface area contributed by atoms with Gasteiger partial charge in [0, 0.05) is 5.02 Å². The number of nitrogens with zero attached hydrogens (tertiary/aromatic N) is 2. The number of aromatic nitrogens is 1. The van der Waals surface area contributed by atoms with Crippen LogP contribution in [0.2, 0.25) is 15.1 Å². The van der Waals surface area contributed by atoms with Crippen LogP contribution in [-0.2, 0) is 0 Å². The Bertz CT molecular complexity index is 679. The van der Waals surface area contributed by atoms with Crippen LogP contribution in [0.3, 0.4) is 0 Å². The molecule has 0 saturated carbocycles. The molecule has 19 heavy (non-hydrogen) atoms. The fourth-order valence-corrected chi connectivity index (χ4v) is 1.99. The van der Waals surface area contributed by atoms with E-state index in [1.807, 2.05) is 6.07 Å². The van der Waals surface area contributed by atoms with Gasteiger partial charge in [-0.05, 0) is 24.3 Å². The number of anilines is 3. The van der Waals surface area contributed by atoms with Crippen molar-refractivity contribution in [3.05, 3.63) is 44.9 Å². The number of nitrogens with two attached hydrogens (primary N) is 1. The predicted molar refractivity (Wildman–Crippen MR) is 78.1 cm³/mol. The Labute approximate surface area is 124 Å². The molecule has 1 aromatic carbocycles. The van der Waals surface area contributed by atoms with Gasteiger partial charge in [-0.1, -0.05) is 34.8 Å². The third-order valence-electron chi connectivity index (χ3n) is 2.31. The fourth-order valence-electron chi connectivity index (χ4n) is 1.41. The number of nitrogens with one attached hydrogen (secondary N) is 1. The van der Waals surface area contributed by atoms with Crippen molar-refractivity contribution in [2.24, 2.45) is 0 Å². The van der Waals surface area contributed by atoms with Crippen molar-refractivity contribution in [2.75, 3.05) is 11.1 Å². The van der Waals surface area contributed by atoms with Crippen LogP contribution in [0.4, 0.5) is 17.3 Å². The van der Waals surface area contributed by atoms with E-state index in [0.29, 0.717) is 27.1 Å². The number of pyridine rings is 1. The molecule has 0 atom stereocenters. The molecule has 1 heterocycles. The zero-order valence-electron chi connectivity index (χ0n) is 9.42. The molecule has 0 aliphatic rings. The van der Waals surface area contributed by atoms with E-state index in [4.69, 9.17) is 45.8 Å². The molecule has 0 bridgehead atoms. The van der Waals surface area contributed by atoms with Crippen LogP contribution in [0.15, 0.2) is 24.3 Å². The van der Waals surface area contributed by atoms with Crippen LogP contribution >= 0.6 is 34.8 Å². The summed E-state index contributed by atoms with van der Waals surface area (Å²) in [5.41, 5.74) is 6.52. The second-order valence-electron chi connectivity index (χ2n) is 3.61. The van der Waals surface area contributed by atoms with Crippen molar-refractivity contribution in [3.63, 3.8) is 0 Å². The van der Waals surface area contributed by atoms with Gasteiger partial charge in [0.2, 0.25) is 0 Å². The maximum atomic E-state index is 9.02. The smallest absolute Gasteiger partial charge is 0.151 e. The maximum absolute atomic E-state index is 9.02. The standard InChI is InChI=1S/C12H7Cl3N4/c13-7-2-1-6(5-16)10(3-7)18-12-9(15)4-8(14)11(17)19-12/h1-4H,(H3,17,18,19). The Kier molecular flexibility index (Phi) is 4.01. The summed E-state index contributed by atoms with van der Waals surface area (Å²) in [6.45, 7) is 0. The number of nitriles is 1. The first kappa shape index (κ1) is 13.8.